The van der Waals surface area contributed by atoms with Crippen LogP contribution in [0.1, 0.15) is 91.3 Å². The summed E-state index contributed by atoms with van der Waals surface area (Å²) in [6, 6.07) is 13.8. The molecule has 1 fully saturated rings. The van der Waals surface area contributed by atoms with Gasteiger partial charge in [0, 0.05) is 49.2 Å². The second-order valence-electron chi connectivity index (χ2n) is 13.1. The van der Waals surface area contributed by atoms with Gasteiger partial charge in [-0.15, -0.1) is 0 Å². The van der Waals surface area contributed by atoms with Crippen molar-refractivity contribution in [3.8, 4) is 5.75 Å². The van der Waals surface area contributed by atoms with E-state index in [0.29, 0.717) is 12.1 Å². The average Bonchev–Trinajstić information content (AvgIpc) is 2.86. The lowest BCUT2D eigenvalue weighted by Gasteiger charge is -2.31. The van der Waals surface area contributed by atoms with Gasteiger partial charge in [-0.25, -0.2) is 4.98 Å². The molecule has 0 atom stereocenters. The Kier molecular flexibility index (Phi) is 9.53. The fraction of sp³-hybridized carbons (Fsp3) is 0.576. The molecule has 0 saturated heterocycles. The summed E-state index contributed by atoms with van der Waals surface area (Å²) in [6.07, 6.45) is 4.44. The number of anilines is 2. The predicted molar refractivity (Wildman–Crippen MR) is 167 cm³/mol. The highest BCUT2D eigenvalue weighted by atomic mass is 16.5. The Hall–Kier alpha value is -2.86. The maximum Gasteiger partial charge on any atom is 0.225 e. The molecule has 1 heterocycles. The minimum absolute atomic E-state index is 0. The third-order valence-corrected chi connectivity index (χ3v) is 7.69. The maximum atomic E-state index is 5.98. The van der Waals surface area contributed by atoms with E-state index in [4.69, 9.17) is 14.7 Å². The monoisotopic (exact) mass is 533 g/mol. The molecule has 1 aliphatic rings. The normalized spacial score (nSPS) is 18.0. The van der Waals surface area contributed by atoms with E-state index in [0.717, 1.165) is 60.6 Å². The van der Waals surface area contributed by atoms with Crippen LogP contribution in [0.2, 0.25) is 0 Å². The molecule has 1 aromatic heterocycles. The number of para-hydroxylation sites is 1. The Balaban J connectivity index is 0.00000420. The van der Waals surface area contributed by atoms with Crippen molar-refractivity contribution in [1.82, 2.24) is 15.3 Å². The van der Waals surface area contributed by atoms with Crippen molar-refractivity contribution in [3.05, 3.63) is 53.1 Å². The van der Waals surface area contributed by atoms with Crippen LogP contribution in [0.15, 0.2) is 36.4 Å². The van der Waals surface area contributed by atoms with E-state index in [2.05, 4.69) is 81.3 Å². The Morgan fingerprint density at radius 1 is 0.897 bits per heavy atom. The molecule has 0 radical (unpaired) electrons. The molecule has 0 aliphatic heterocycles. The summed E-state index contributed by atoms with van der Waals surface area (Å²) < 4.78 is 5.98. The number of hydrogen-bond donors (Lipinski definition) is 2. The highest BCUT2D eigenvalue weighted by molar-refractivity contribution is 5.90. The van der Waals surface area contributed by atoms with E-state index in [1.807, 2.05) is 26.2 Å². The molecule has 0 bridgehead atoms. The summed E-state index contributed by atoms with van der Waals surface area (Å²) in [4.78, 5) is 11.7. The van der Waals surface area contributed by atoms with Crippen molar-refractivity contribution in [3.63, 3.8) is 0 Å². The van der Waals surface area contributed by atoms with Crippen LogP contribution in [-0.2, 0) is 17.4 Å². The van der Waals surface area contributed by atoms with E-state index in [9.17, 15) is 0 Å². The van der Waals surface area contributed by atoms with Crippen LogP contribution < -0.4 is 20.3 Å². The van der Waals surface area contributed by atoms with Gasteiger partial charge in [0.15, 0.2) is 0 Å². The number of aromatic nitrogens is 2. The molecule has 0 amide bonds. The number of methoxy groups -OCH3 is 1. The number of fused-ring (bicyclic) bond motifs is 1. The van der Waals surface area contributed by atoms with Gasteiger partial charge in [-0.05, 0) is 54.2 Å². The fourth-order valence-corrected chi connectivity index (χ4v) is 5.40. The molecule has 2 N–H and O–H groups in total. The van der Waals surface area contributed by atoms with Gasteiger partial charge in [0.2, 0.25) is 5.95 Å². The van der Waals surface area contributed by atoms with Crippen LogP contribution in [-0.4, -0.2) is 43.3 Å². The van der Waals surface area contributed by atoms with Crippen LogP contribution in [0.25, 0.3) is 10.9 Å². The Morgan fingerprint density at radius 3 is 2.13 bits per heavy atom. The zero-order valence-electron chi connectivity index (χ0n) is 24.9. The summed E-state index contributed by atoms with van der Waals surface area (Å²) in [5.41, 5.74) is 4.98. The van der Waals surface area contributed by atoms with E-state index < -0.39 is 0 Å². The van der Waals surface area contributed by atoms with Crippen molar-refractivity contribution in [2.75, 3.05) is 31.4 Å². The molecule has 4 rings (SSSR count). The molecule has 0 spiro atoms. The first kappa shape index (κ1) is 30.7. The quantitative estimate of drug-likeness (QED) is 0.329. The summed E-state index contributed by atoms with van der Waals surface area (Å²) in [7, 11) is 5.87. The molecule has 0 unspecified atom stereocenters. The predicted octanol–water partition coefficient (Wildman–Crippen LogP) is 7.45. The van der Waals surface area contributed by atoms with Gasteiger partial charge in [-0.1, -0.05) is 73.2 Å². The minimum Gasteiger partial charge on any atom is -0.496 e. The van der Waals surface area contributed by atoms with Gasteiger partial charge in [-0.2, -0.15) is 4.98 Å². The van der Waals surface area contributed by atoms with Crippen LogP contribution in [0.4, 0.5) is 11.8 Å². The van der Waals surface area contributed by atoms with E-state index in [1.165, 1.54) is 16.7 Å². The lowest BCUT2D eigenvalue weighted by molar-refractivity contribution is 0.346. The van der Waals surface area contributed by atoms with Crippen LogP contribution >= 0.6 is 0 Å². The molecule has 6 heteroatoms. The summed E-state index contributed by atoms with van der Waals surface area (Å²) >= 11 is 0. The van der Waals surface area contributed by atoms with Gasteiger partial charge in [-0.3, -0.25) is 0 Å². The first-order valence-electron chi connectivity index (χ1n) is 14.0. The summed E-state index contributed by atoms with van der Waals surface area (Å²) in [5, 5.41) is 8.57. The molecule has 3 aromatic rings. The second-order valence-corrected chi connectivity index (χ2v) is 13.1. The number of nitrogens with one attached hydrogen (secondary N) is 2. The van der Waals surface area contributed by atoms with Crippen LogP contribution in [0, 0.1) is 0 Å². The van der Waals surface area contributed by atoms with Crippen molar-refractivity contribution in [2.45, 2.75) is 104 Å². The highest BCUT2D eigenvalue weighted by Gasteiger charge is 2.27. The summed E-state index contributed by atoms with van der Waals surface area (Å²) in [5.74, 6) is 2.70. The number of hydrogen-bond acceptors (Lipinski definition) is 6. The standard InChI is InChI=1S/C32H47N5O.CH4/c1-31(2,3)22-18-21(28(38-9)26(19-22)32(4,5)6)20-33-23-14-16-24(17-15-23)34-30-35-27-13-11-10-12-25(27)29(36-30)37(7)8;/h10-13,18-19,23-24,33H,14-17,20H2,1-9H3,(H,34,35,36);1H4. The second kappa shape index (κ2) is 12.1. The number of ether oxygens (including phenoxy) is 1. The van der Waals surface area contributed by atoms with Crippen molar-refractivity contribution in [1.29, 1.82) is 0 Å². The molecule has 214 valence electrons. The minimum atomic E-state index is 0. The van der Waals surface area contributed by atoms with Gasteiger partial charge in [0.25, 0.3) is 0 Å². The molecular weight excluding hydrogens is 482 g/mol. The van der Waals surface area contributed by atoms with Crippen LogP contribution in [0.5, 0.6) is 5.75 Å². The number of rotatable bonds is 7. The SMILES string of the molecule is C.COc1c(CNC2CCC(Nc3nc(N(C)C)c4ccccc4n3)CC2)cc(C(C)(C)C)cc1C(C)(C)C. The Labute approximate surface area is 237 Å². The molecule has 6 nitrogen and oxygen atoms in total. The molecule has 2 aromatic carbocycles. The Morgan fingerprint density at radius 2 is 1.54 bits per heavy atom. The average molecular weight is 534 g/mol. The smallest absolute Gasteiger partial charge is 0.225 e. The topological polar surface area (TPSA) is 62.3 Å². The molecule has 39 heavy (non-hydrogen) atoms. The van der Waals surface area contributed by atoms with Gasteiger partial charge in [0.05, 0.1) is 12.6 Å². The van der Waals surface area contributed by atoms with Gasteiger partial charge < -0.3 is 20.3 Å². The third-order valence-electron chi connectivity index (χ3n) is 7.69. The first-order valence-corrected chi connectivity index (χ1v) is 14.0. The fourth-order valence-electron chi connectivity index (χ4n) is 5.40. The Bertz CT molecular complexity index is 1250. The number of nitrogens with zero attached hydrogens (tertiary/aromatic N) is 3. The molecule has 1 aliphatic carbocycles. The zero-order chi connectivity index (χ0) is 27.7. The maximum absolute atomic E-state index is 5.98. The van der Waals surface area contributed by atoms with Crippen molar-refractivity contribution < 1.29 is 4.74 Å². The van der Waals surface area contributed by atoms with Crippen molar-refractivity contribution in [2.24, 2.45) is 0 Å². The van der Waals surface area contributed by atoms with Crippen molar-refractivity contribution >= 4 is 22.7 Å². The van der Waals surface area contributed by atoms with Gasteiger partial charge in [0.1, 0.15) is 11.6 Å². The van der Waals surface area contributed by atoms with E-state index >= 15 is 0 Å². The molecule has 1 saturated carbocycles. The lowest BCUT2D eigenvalue weighted by Crippen LogP contribution is -2.37. The highest BCUT2D eigenvalue weighted by Crippen LogP contribution is 2.38. The van der Waals surface area contributed by atoms with E-state index in [-0.39, 0.29) is 18.3 Å². The van der Waals surface area contributed by atoms with Gasteiger partial charge >= 0.3 is 0 Å². The number of benzene rings is 2. The van der Waals surface area contributed by atoms with Crippen LogP contribution in [0.3, 0.4) is 0 Å². The first-order chi connectivity index (χ1) is 17.9. The zero-order valence-corrected chi connectivity index (χ0v) is 24.9. The third kappa shape index (κ3) is 7.21. The molecular formula is C33H51N5O. The largest absolute Gasteiger partial charge is 0.496 e. The van der Waals surface area contributed by atoms with E-state index in [1.54, 1.807) is 7.11 Å². The lowest BCUT2D eigenvalue weighted by atomic mass is 9.79. The summed E-state index contributed by atoms with van der Waals surface area (Å²) in [6.45, 7) is 14.5.